The summed E-state index contributed by atoms with van der Waals surface area (Å²) in [6.45, 7) is 3.68. The van der Waals surface area contributed by atoms with Crippen molar-refractivity contribution in [3.05, 3.63) is 33.8 Å². The standard InChI is InChI=1S/C17H22Cl2N2O/c1-10(20)11-4-3-7-21(9-11)17(22)14-8-13(14)12-5-2-6-15(18)16(12)19/h2,5-6,10-11,13-14H,3-4,7-9,20H2,1H3/t10-,11+,13-,14-/m0/s1. The lowest BCUT2D eigenvalue weighted by atomic mass is 9.92. The molecule has 1 aliphatic carbocycles. The molecule has 22 heavy (non-hydrogen) atoms. The highest BCUT2D eigenvalue weighted by atomic mass is 35.5. The number of hydrogen-bond acceptors (Lipinski definition) is 2. The van der Waals surface area contributed by atoms with Crippen molar-refractivity contribution in [2.24, 2.45) is 17.6 Å². The summed E-state index contributed by atoms with van der Waals surface area (Å²) in [6.07, 6.45) is 3.04. The van der Waals surface area contributed by atoms with Crippen molar-refractivity contribution in [3.8, 4) is 0 Å². The number of benzene rings is 1. The van der Waals surface area contributed by atoms with Gasteiger partial charge in [0.05, 0.1) is 10.0 Å². The van der Waals surface area contributed by atoms with Crippen LogP contribution in [0, 0.1) is 11.8 Å². The Hall–Kier alpha value is -0.770. The van der Waals surface area contributed by atoms with Crippen LogP contribution in [-0.2, 0) is 4.79 Å². The van der Waals surface area contributed by atoms with E-state index in [2.05, 4.69) is 0 Å². The largest absolute Gasteiger partial charge is 0.342 e. The molecule has 0 radical (unpaired) electrons. The molecule has 0 aromatic heterocycles. The fourth-order valence-electron chi connectivity index (χ4n) is 3.49. The summed E-state index contributed by atoms with van der Waals surface area (Å²) >= 11 is 12.3. The van der Waals surface area contributed by atoms with Crippen molar-refractivity contribution in [1.82, 2.24) is 4.90 Å². The minimum atomic E-state index is 0.0581. The molecule has 0 unspecified atom stereocenters. The molecule has 1 aliphatic heterocycles. The molecule has 1 heterocycles. The molecule has 5 heteroatoms. The first-order valence-corrected chi connectivity index (χ1v) is 8.73. The Morgan fingerprint density at radius 1 is 1.41 bits per heavy atom. The smallest absolute Gasteiger partial charge is 0.226 e. The highest BCUT2D eigenvalue weighted by Crippen LogP contribution is 2.51. The summed E-state index contributed by atoms with van der Waals surface area (Å²) in [7, 11) is 0. The number of piperidine rings is 1. The van der Waals surface area contributed by atoms with Crippen LogP contribution in [0.2, 0.25) is 10.0 Å². The molecule has 1 saturated carbocycles. The first kappa shape index (κ1) is 16.1. The minimum absolute atomic E-state index is 0.0581. The molecule has 2 fully saturated rings. The van der Waals surface area contributed by atoms with Crippen molar-refractivity contribution < 1.29 is 4.79 Å². The van der Waals surface area contributed by atoms with Crippen LogP contribution in [0.15, 0.2) is 18.2 Å². The second-order valence-corrected chi connectivity index (χ2v) is 7.42. The monoisotopic (exact) mass is 340 g/mol. The normalized spacial score (nSPS) is 29.3. The summed E-state index contributed by atoms with van der Waals surface area (Å²) in [5.74, 6) is 0.952. The van der Waals surface area contributed by atoms with Crippen LogP contribution in [0.4, 0.5) is 0 Å². The molecule has 0 spiro atoms. The van der Waals surface area contributed by atoms with Crippen molar-refractivity contribution in [3.63, 3.8) is 0 Å². The maximum absolute atomic E-state index is 12.7. The first-order valence-electron chi connectivity index (χ1n) is 7.97. The Kier molecular flexibility index (Phi) is 4.67. The van der Waals surface area contributed by atoms with Gasteiger partial charge in [0.25, 0.3) is 0 Å². The number of halogens is 2. The molecule has 1 aromatic rings. The fourth-order valence-corrected chi connectivity index (χ4v) is 3.94. The van der Waals surface area contributed by atoms with E-state index in [0.717, 1.165) is 37.9 Å². The Morgan fingerprint density at radius 2 is 2.18 bits per heavy atom. The number of nitrogens with two attached hydrogens (primary N) is 1. The number of carbonyl (C=O) groups is 1. The van der Waals surface area contributed by atoms with Gasteiger partial charge >= 0.3 is 0 Å². The Morgan fingerprint density at radius 3 is 2.91 bits per heavy atom. The zero-order chi connectivity index (χ0) is 15.9. The van der Waals surface area contributed by atoms with Gasteiger partial charge in [-0.15, -0.1) is 0 Å². The molecular weight excluding hydrogens is 319 g/mol. The second-order valence-electron chi connectivity index (χ2n) is 6.64. The van der Waals surface area contributed by atoms with Gasteiger partial charge in [-0.25, -0.2) is 0 Å². The number of hydrogen-bond donors (Lipinski definition) is 1. The summed E-state index contributed by atoms with van der Waals surface area (Å²) in [5, 5.41) is 1.16. The predicted octanol–water partition coefficient (Wildman–Crippen LogP) is 3.68. The number of carbonyl (C=O) groups excluding carboxylic acids is 1. The van der Waals surface area contributed by atoms with E-state index in [4.69, 9.17) is 28.9 Å². The van der Waals surface area contributed by atoms with E-state index in [1.807, 2.05) is 24.0 Å². The molecule has 1 aromatic carbocycles. The number of rotatable bonds is 3. The topological polar surface area (TPSA) is 46.3 Å². The lowest BCUT2D eigenvalue weighted by molar-refractivity contribution is -0.134. The number of likely N-dealkylation sites (tertiary alicyclic amines) is 1. The maximum atomic E-state index is 12.7. The van der Waals surface area contributed by atoms with Gasteiger partial charge in [0.1, 0.15) is 0 Å². The summed E-state index contributed by atoms with van der Waals surface area (Å²) in [6, 6.07) is 5.81. The van der Waals surface area contributed by atoms with Crippen LogP contribution < -0.4 is 5.73 Å². The lowest BCUT2D eigenvalue weighted by Gasteiger charge is -2.35. The van der Waals surface area contributed by atoms with E-state index in [1.54, 1.807) is 6.07 Å². The Labute approximate surface area is 141 Å². The molecule has 2 N–H and O–H groups in total. The first-order chi connectivity index (χ1) is 10.5. The van der Waals surface area contributed by atoms with Crippen LogP contribution in [-0.4, -0.2) is 29.9 Å². The summed E-state index contributed by atoms with van der Waals surface area (Å²) in [4.78, 5) is 14.7. The molecule has 4 atom stereocenters. The SMILES string of the molecule is C[C@H](N)[C@@H]1CCCN(C(=O)[C@H]2C[C@H]2c2cccc(Cl)c2Cl)C1. The van der Waals surface area contributed by atoms with Crippen molar-refractivity contribution in [2.45, 2.75) is 38.1 Å². The highest BCUT2D eigenvalue weighted by Gasteiger charge is 2.47. The molecular formula is C17H22Cl2N2O. The molecule has 120 valence electrons. The van der Waals surface area contributed by atoms with Gasteiger partial charge in [-0.3, -0.25) is 4.79 Å². The van der Waals surface area contributed by atoms with Crippen LogP contribution in [0.3, 0.4) is 0 Å². The molecule has 3 nitrogen and oxygen atoms in total. The second kappa shape index (κ2) is 6.38. The third kappa shape index (κ3) is 3.12. The van der Waals surface area contributed by atoms with E-state index >= 15 is 0 Å². The number of nitrogens with zero attached hydrogens (tertiary/aromatic N) is 1. The van der Waals surface area contributed by atoms with Gasteiger partial charge in [-0.1, -0.05) is 35.3 Å². The summed E-state index contributed by atoms with van der Waals surface area (Å²) in [5.41, 5.74) is 7.01. The van der Waals surface area contributed by atoms with Gasteiger partial charge in [0, 0.05) is 25.0 Å². The molecule has 3 rings (SSSR count). The van der Waals surface area contributed by atoms with Gasteiger partial charge in [0.2, 0.25) is 5.91 Å². The van der Waals surface area contributed by atoms with Crippen LogP contribution in [0.25, 0.3) is 0 Å². The third-order valence-electron chi connectivity index (χ3n) is 5.00. The Bertz CT molecular complexity index is 576. The van der Waals surface area contributed by atoms with E-state index < -0.39 is 0 Å². The van der Waals surface area contributed by atoms with Crippen LogP contribution >= 0.6 is 23.2 Å². The molecule has 0 bridgehead atoms. The molecule has 2 aliphatic rings. The van der Waals surface area contributed by atoms with Gasteiger partial charge in [-0.05, 0) is 49.7 Å². The van der Waals surface area contributed by atoms with Gasteiger partial charge in [0.15, 0.2) is 0 Å². The average molecular weight is 341 g/mol. The summed E-state index contributed by atoms with van der Waals surface area (Å²) < 4.78 is 0. The van der Waals surface area contributed by atoms with Crippen molar-refractivity contribution in [1.29, 1.82) is 0 Å². The average Bonchev–Trinajstić information content (AvgIpc) is 3.29. The number of amides is 1. The lowest BCUT2D eigenvalue weighted by Crippen LogP contribution is -2.45. The van der Waals surface area contributed by atoms with E-state index in [-0.39, 0.29) is 23.8 Å². The highest BCUT2D eigenvalue weighted by molar-refractivity contribution is 6.42. The predicted molar refractivity (Wildman–Crippen MR) is 90.3 cm³/mol. The van der Waals surface area contributed by atoms with E-state index in [1.165, 1.54) is 0 Å². The quantitative estimate of drug-likeness (QED) is 0.912. The van der Waals surface area contributed by atoms with Crippen LogP contribution in [0.1, 0.15) is 37.7 Å². The zero-order valence-electron chi connectivity index (χ0n) is 12.8. The fraction of sp³-hybridized carbons (Fsp3) is 0.588. The van der Waals surface area contributed by atoms with E-state index in [0.29, 0.717) is 16.0 Å². The van der Waals surface area contributed by atoms with Crippen molar-refractivity contribution >= 4 is 29.1 Å². The molecule has 1 amide bonds. The maximum Gasteiger partial charge on any atom is 0.226 e. The van der Waals surface area contributed by atoms with Crippen LogP contribution in [0.5, 0.6) is 0 Å². The van der Waals surface area contributed by atoms with Gasteiger partial charge < -0.3 is 10.6 Å². The Balaban J connectivity index is 1.66. The van der Waals surface area contributed by atoms with Crippen molar-refractivity contribution in [2.75, 3.05) is 13.1 Å². The minimum Gasteiger partial charge on any atom is -0.342 e. The van der Waals surface area contributed by atoms with Gasteiger partial charge in [-0.2, -0.15) is 0 Å². The third-order valence-corrected chi connectivity index (χ3v) is 5.84. The molecule has 1 saturated heterocycles. The van der Waals surface area contributed by atoms with E-state index in [9.17, 15) is 4.79 Å². The zero-order valence-corrected chi connectivity index (χ0v) is 14.3.